The van der Waals surface area contributed by atoms with Crippen molar-refractivity contribution in [2.75, 3.05) is 5.32 Å². The standard InChI is InChI=1S/C21H26N2O/c1-14-11-16(3)22-19(12-14)23-20(24)18-9-7-17(8-10-18)15(2)13-21(4,5)6/h7-13H,1-6H3,(H,22,23,24). The summed E-state index contributed by atoms with van der Waals surface area (Å²) in [5.74, 6) is 0.446. The molecule has 1 amide bonds. The molecular formula is C21H26N2O. The second-order valence-corrected chi connectivity index (χ2v) is 7.40. The SMILES string of the molecule is CC(=CC(C)(C)C)c1ccc(C(=O)Nc2cc(C)cc(C)n2)cc1. The van der Waals surface area contributed by atoms with Gasteiger partial charge in [0.2, 0.25) is 0 Å². The van der Waals surface area contributed by atoms with Crippen molar-refractivity contribution < 1.29 is 4.79 Å². The van der Waals surface area contributed by atoms with Crippen LogP contribution in [0.25, 0.3) is 5.57 Å². The van der Waals surface area contributed by atoms with Crippen molar-refractivity contribution >= 4 is 17.3 Å². The van der Waals surface area contributed by atoms with Gasteiger partial charge in [-0.25, -0.2) is 4.98 Å². The van der Waals surface area contributed by atoms with Gasteiger partial charge in [-0.05, 0) is 67.2 Å². The Bertz CT molecular complexity index is 745. The Morgan fingerprint density at radius 2 is 1.62 bits per heavy atom. The van der Waals surface area contributed by atoms with Crippen LogP contribution in [0.4, 0.5) is 5.82 Å². The van der Waals surface area contributed by atoms with Gasteiger partial charge in [0.05, 0.1) is 0 Å². The van der Waals surface area contributed by atoms with Crippen LogP contribution in [0.3, 0.4) is 0 Å². The van der Waals surface area contributed by atoms with Gasteiger partial charge in [-0.2, -0.15) is 0 Å². The number of nitrogens with one attached hydrogen (secondary N) is 1. The first-order chi connectivity index (χ1) is 11.1. The highest BCUT2D eigenvalue weighted by Crippen LogP contribution is 2.23. The molecule has 24 heavy (non-hydrogen) atoms. The average Bonchev–Trinajstić information content (AvgIpc) is 2.44. The predicted molar refractivity (Wildman–Crippen MR) is 101 cm³/mol. The number of rotatable bonds is 3. The minimum absolute atomic E-state index is 0.134. The van der Waals surface area contributed by atoms with Gasteiger partial charge in [-0.3, -0.25) is 4.79 Å². The molecule has 0 saturated carbocycles. The summed E-state index contributed by atoms with van der Waals surface area (Å²) < 4.78 is 0. The molecule has 1 aromatic carbocycles. The number of aryl methyl sites for hydroxylation is 2. The number of amides is 1. The molecule has 0 bridgehead atoms. The highest BCUT2D eigenvalue weighted by Gasteiger charge is 2.10. The number of aromatic nitrogens is 1. The molecule has 3 nitrogen and oxygen atoms in total. The van der Waals surface area contributed by atoms with Crippen LogP contribution in [0.15, 0.2) is 42.5 Å². The molecule has 0 aliphatic heterocycles. The van der Waals surface area contributed by atoms with Crippen LogP contribution in [-0.4, -0.2) is 10.9 Å². The minimum atomic E-state index is -0.142. The number of carbonyl (C=O) groups is 1. The molecule has 0 saturated heterocycles. The summed E-state index contributed by atoms with van der Waals surface area (Å²) in [5, 5.41) is 2.86. The number of anilines is 1. The molecule has 0 aliphatic carbocycles. The van der Waals surface area contributed by atoms with Gasteiger partial charge in [-0.1, -0.05) is 39.0 Å². The van der Waals surface area contributed by atoms with Crippen molar-refractivity contribution in [2.45, 2.75) is 41.5 Å². The van der Waals surface area contributed by atoms with Crippen molar-refractivity contribution in [3.8, 4) is 0 Å². The quantitative estimate of drug-likeness (QED) is 0.822. The van der Waals surface area contributed by atoms with E-state index < -0.39 is 0 Å². The Labute approximate surface area is 144 Å². The van der Waals surface area contributed by atoms with E-state index in [1.807, 2.05) is 50.2 Å². The zero-order valence-electron chi connectivity index (χ0n) is 15.4. The van der Waals surface area contributed by atoms with Gasteiger partial charge in [0.25, 0.3) is 5.91 Å². The molecular weight excluding hydrogens is 296 g/mol. The maximum Gasteiger partial charge on any atom is 0.256 e. The summed E-state index contributed by atoms with van der Waals surface area (Å²) in [6, 6.07) is 11.5. The van der Waals surface area contributed by atoms with Crippen molar-refractivity contribution in [3.05, 3.63) is 64.9 Å². The van der Waals surface area contributed by atoms with Crippen molar-refractivity contribution in [1.82, 2.24) is 4.98 Å². The van der Waals surface area contributed by atoms with Gasteiger partial charge < -0.3 is 5.32 Å². The fraction of sp³-hybridized carbons (Fsp3) is 0.333. The number of hydrogen-bond donors (Lipinski definition) is 1. The van der Waals surface area contributed by atoms with Crippen LogP contribution in [0.2, 0.25) is 0 Å². The minimum Gasteiger partial charge on any atom is -0.307 e. The zero-order chi connectivity index (χ0) is 17.9. The lowest BCUT2D eigenvalue weighted by atomic mass is 9.91. The largest absolute Gasteiger partial charge is 0.307 e. The Morgan fingerprint density at radius 1 is 1.04 bits per heavy atom. The summed E-state index contributed by atoms with van der Waals surface area (Å²) in [7, 11) is 0. The van der Waals surface area contributed by atoms with Crippen LogP contribution < -0.4 is 5.32 Å². The van der Waals surface area contributed by atoms with E-state index in [-0.39, 0.29) is 11.3 Å². The first-order valence-corrected chi connectivity index (χ1v) is 8.20. The van der Waals surface area contributed by atoms with Gasteiger partial charge >= 0.3 is 0 Å². The van der Waals surface area contributed by atoms with Gasteiger partial charge in [-0.15, -0.1) is 0 Å². The topological polar surface area (TPSA) is 42.0 Å². The maximum absolute atomic E-state index is 12.4. The molecule has 0 spiro atoms. The summed E-state index contributed by atoms with van der Waals surface area (Å²) in [6.45, 7) is 12.5. The number of benzene rings is 1. The second kappa shape index (κ2) is 7.00. The normalized spacial score (nSPS) is 12.2. The molecule has 3 heteroatoms. The third-order valence-electron chi connectivity index (χ3n) is 3.59. The summed E-state index contributed by atoms with van der Waals surface area (Å²) in [5.41, 5.74) is 5.08. The number of carbonyl (C=O) groups excluding carboxylic acids is 1. The fourth-order valence-corrected chi connectivity index (χ4v) is 2.71. The van der Waals surface area contributed by atoms with E-state index in [0.29, 0.717) is 11.4 Å². The van der Waals surface area contributed by atoms with Crippen molar-refractivity contribution in [3.63, 3.8) is 0 Å². The third kappa shape index (κ3) is 5.05. The van der Waals surface area contributed by atoms with Gasteiger partial charge in [0.15, 0.2) is 0 Å². The highest BCUT2D eigenvalue weighted by atomic mass is 16.1. The monoisotopic (exact) mass is 322 g/mol. The first kappa shape index (κ1) is 17.9. The maximum atomic E-state index is 12.4. The molecule has 126 valence electrons. The first-order valence-electron chi connectivity index (χ1n) is 8.20. The molecule has 0 radical (unpaired) electrons. The van der Waals surface area contributed by atoms with Crippen LogP contribution in [0.5, 0.6) is 0 Å². The zero-order valence-corrected chi connectivity index (χ0v) is 15.4. The number of pyridine rings is 1. The van der Waals surface area contributed by atoms with Crippen LogP contribution in [0, 0.1) is 19.3 Å². The lowest BCUT2D eigenvalue weighted by Crippen LogP contribution is -2.13. The lowest BCUT2D eigenvalue weighted by Gasteiger charge is -2.14. The van der Waals surface area contributed by atoms with Crippen molar-refractivity contribution in [1.29, 1.82) is 0 Å². The molecule has 0 atom stereocenters. The molecule has 0 aliphatic rings. The lowest BCUT2D eigenvalue weighted by molar-refractivity contribution is 0.102. The third-order valence-corrected chi connectivity index (χ3v) is 3.59. The predicted octanol–water partition coefficient (Wildman–Crippen LogP) is 5.40. The molecule has 2 aromatic rings. The highest BCUT2D eigenvalue weighted by molar-refractivity contribution is 6.03. The van der Waals surface area contributed by atoms with E-state index in [1.54, 1.807) is 0 Å². The van der Waals surface area contributed by atoms with Gasteiger partial charge in [0, 0.05) is 11.3 Å². The number of nitrogens with zero attached hydrogens (tertiary/aromatic N) is 1. The van der Waals surface area contributed by atoms with E-state index in [9.17, 15) is 4.79 Å². The van der Waals surface area contributed by atoms with E-state index in [4.69, 9.17) is 0 Å². The molecule has 1 heterocycles. The summed E-state index contributed by atoms with van der Waals surface area (Å²) in [6.07, 6.45) is 2.24. The molecule has 2 rings (SSSR count). The second-order valence-electron chi connectivity index (χ2n) is 7.40. The summed E-state index contributed by atoms with van der Waals surface area (Å²) in [4.78, 5) is 16.7. The molecule has 1 aromatic heterocycles. The van der Waals surface area contributed by atoms with Crippen molar-refractivity contribution in [2.24, 2.45) is 5.41 Å². The van der Waals surface area contributed by atoms with E-state index in [0.717, 1.165) is 16.8 Å². The van der Waals surface area contributed by atoms with Crippen LogP contribution in [-0.2, 0) is 0 Å². The Balaban J connectivity index is 2.15. The fourth-order valence-electron chi connectivity index (χ4n) is 2.71. The van der Waals surface area contributed by atoms with Gasteiger partial charge in [0.1, 0.15) is 5.82 Å². The Morgan fingerprint density at radius 3 is 2.17 bits per heavy atom. The molecule has 1 N–H and O–H groups in total. The van der Waals surface area contributed by atoms with E-state index >= 15 is 0 Å². The molecule has 0 fully saturated rings. The van der Waals surface area contributed by atoms with Crippen LogP contribution in [0.1, 0.15) is 54.9 Å². The summed E-state index contributed by atoms with van der Waals surface area (Å²) >= 11 is 0. The van der Waals surface area contributed by atoms with E-state index in [2.05, 4.69) is 44.1 Å². The molecule has 0 unspecified atom stereocenters. The smallest absolute Gasteiger partial charge is 0.256 e. The Hall–Kier alpha value is -2.42. The number of hydrogen-bond acceptors (Lipinski definition) is 2. The average molecular weight is 322 g/mol. The van der Waals surface area contributed by atoms with E-state index in [1.165, 1.54) is 5.57 Å². The number of allylic oxidation sites excluding steroid dienone is 2. The van der Waals surface area contributed by atoms with Crippen LogP contribution >= 0.6 is 0 Å². The Kier molecular flexibility index (Phi) is 5.23.